The topological polar surface area (TPSA) is 91.7 Å². The van der Waals surface area contributed by atoms with Gasteiger partial charge in [-0.2, -0.15) is 13.2 Å². The lowest BCUT2D eigenvalue weighted by Crippen LogP contribution is -2.07. The molecule has 1 saturated carbocycles. The number of nitrogen functional groups attached to an aromatic ring is 1. The van der Waals surface area contributed by atoms with Crippen LogP contribution in [-0.2, 0) is 6.18 Å². The molecule has 0 bridgehead atoms. The standard InChI is InChI=1S/C16H15F3N6O/c17-16(18,19)9-5-6-21-11(7-9)26-15-12-13(20)22-8-23-14(12)25(24-15)10-3-1-2-4-10/h5-8,10H,1-4H2,(H2,20,22,23). The molecule has 10 heteroatoms. The molecule has 3 aromatic heterocycles. The van der Waals surface area contributed by atoms with Gasteiger partial charge < -0.3 is 10.5 Å². The molecule has 2 N–H and O–H groups in total. The number of halogens is 3. The monoisotopic (exact) mass is 364 g/mol. The van der Waals surface area contributed by atoms with Crippen LogP contribution in [0.5, 0.6) is 11.8 Å². The van der Waals surface area contributed by atoms with E-state index >= 15 is 0 Å². The molecular weight excluding hydrogens is 349 g/mol. The van der Waals surface area contributed by atoms with Crippen LogP contribution in [0.3, 0.4) is 0 Å². The van der Waals surface area contributed by atoms with Crippen LogP contribution >= 0.6 is 0 Å². The molecule has 0 spiro atoms. The number of hydrogen-bond acceptors (Lipinski definition) is 6. The summed E-state index contributed by atoms with van der Waals surface area (Å²) in [4.78, 5) is 12.0. The zero-order valence-corrected chi connectivity index (χ0v) is 13.6. The minimum Gasteiger partial charge on any atom is -0.418 e. The van der Waals surface area contributed by atoms with E-state index in [2.05, 4.69) is 20.1 Å². The van der Waals surface area contributed by atoms with E-state index in [1.54, 1.807) is 4.68 Å². The number of aromatic nitrogens is 5. The molecule has 136 valence electrons. The van der Waals surface area contributed by atoms with Gasteiger partial charge in [0.1, 0.15) is 17.5 Å². The first-order chi connectivity index (χ1) is 12.4. The summed E-state index contributed by atoms with van der Waals surface area (Å²) in [5, 5.41) is 4.78. The molecule has 3 heterocycles. The van der Waals surface area contributed by atoms with Gasteiger partial charge in [0.05, 0.1) is 11.6 Å². The van der Waals surface area contributed by atoms with Crippen LogP contribution in [0.2, 0.25) is 0 Å². The highest BCUT2D eigenvalue weighted by Crippen LogP contribution is 2.37. The first-order valence-electron chi connectivity index (χ1n) is 8.13. The van der Waals surface area contributed by atoms with Crippen LogP contribution in [0.15, 0.2) is 24.7 Å². The predicted octanol–water partition coefficient (Wildman–Crippen LogP) is 3.73. The zero-order chi connectivity index (χ0) is 18.3. The fraction of sp³-hybridized carbons (Fsp3) is 0.375. The van der Waals surface area contributed by atoms with E-state index in [1.807, 2.05) is 0 Å². The smallest absolute Gasteiger partial charge is 0.416 e. The van der Waals surface area contributed by atoms with E-state index in [0.717, 1.165) is 44.0 Å². The number of hydrogen-bond donors (Lipinski definition) is 1. The molecule has 0 radical (unpaired) electrons. The van der Waals surface area contributed by atoms with Crippen molar-refractivity contribution < 1.29 is 17.9 Å². The molecule has 1 fully saturated rings. The molecule has 4 rings (SSSR count). The molecule has 1 aliphatic rings. The lowest BCUT2D eigenvalue weighted by atomic mass is 10.2. The van der Waals surface area contributed by atoms with Crippen LogP contribution in [0, 0.1) is 0 Å². The second kappa shape index (κ2) is 6.11. The van der Waals surface area contributed by atoms with Gasteiger partial charge in [0, 0.05) is 12.3 Å². The molecule has 3 aromatic rings. The van der Waals surface area contributed by atoms with Crippen molar-refractivity contribution in [1.29, 1.82) is 0 Å². The Morgan fingerprint density at radius 1 is 1.15 bits per heavy atom. The normalized spacial score (nSPS) is 15.7. The van der Waals surface area contributed by atoms with Crippen molar-refractivity contribution in [2.24, 2.45) is 0 Å². The molecule has 0 unspecified atom stereocenters. The highest BCUT2D eigenvalue weighted by molar-refractivity contribution is 5.90. The van der Waals surface area contributed by atoms with Crippen LogP contribution in [0.25, 0.3) is 11.0 Å². The Bertz CT molecular complexity index is 949. The van der Waals surface area contributed by atoms with E-state index < -0.39 is 11.7 Å². The maximum atomic E-state index is 12.9. The summed E-state index contributed by atoms with van der Waals surface area (Å²) >= 11 is 0. The number of nitrogens with two attached hydrogens (primary N) is 1. The number of alkyl halides is 3. The maximum absolute atomic E-state index is 12.9. The number of pyridine rings is 1. The average molecular weight is 364 g/mol. The third kappa shape index (κ3) is 2.91. The minimum atomic E-state index is -4.49. The molecule has 0 aromatic carbocycles. The number of nitrogens with zero attached hydrogens (tertiary/aromatic N) is 5. The first-order valence-corrected chi connectivity index (χ1v) is 8.13. The van der Waals surface area contributed by atoms with E-state index in [-0.39, 0.29) is 23.6 Å². The van der Waals surface area contributed by atoms with E-state index in [9.17, 15) is 13.2 Å². The van der Waals surface area contributed by atoms with Gasteiger partial charge in [-0.1, -0.05) is 12.8 Å². The summed E-state index contributed by atoms with van der Waals surface area (Å²) in [5.41, 5.74) is 5.59. The second-order valence-corrected chi connectivity index (χ2v) is 6.13. The number of ether oxygens (including phenoxy) is 1. The van der Waals surface area contributed by atoms with Crippen LogP contribution in [0.1, 0.15) is 37.3 Å². The van der Waals surface area contributed by atoms with Crippen molar-refractivity contribution in [3.63, 3.8) is 0 Å². The van der Waals surface area contributed by atoms with Gasteiger partial charge in [-0.25, -0.2) is 19.6 Å². The van der Waals surface area contributed by atoms with Crippen LogP contribution < -0.4 is 10.5 Å². The third-order valence-electron chi connectivity index (χ3n) is 4.42. The fourth-order valence-electron chi connectivity index (χ4n) is 3.18. The van der Waals surface area contributed by atoms with Crippen LogP contribution in [-0.4, -0.2) is 24.7 Å². The predicted molar refractivity (Wildman–Crippen MR) is 86.6 cm³/mol. The summed E-state index contributed by atoms with van der Waals surface area (Å²) in [6, 6.07) is 1.85. The van der Waals surface area contributed by atoms with E-state index in [4.69, 9.17) is 10.5 Å². The number of anilines is 1. The first kappa shape index (κ1) is 16.6. The van der Waals surface area contributed by atoms with Gasteiger partial charge in [-0.05, 0) is 18.9 Å². The van der Waals surface area contributed by atoms with Crippen LogP contribution in [0.4, 0.5) is 19.0 Å². The summed E-state index contributed by atoms with van der Waals surface area (Å²) < 4.78 is 45.9. The summed E-state index contributed by atoms with van der Waals surface area (Å²) in [7, 11) is 0. The Kier molecular flexibility index (Phi) is 3.89. The highest BCUT2D eigenvalue weighted by Gasteiger charge is 2.31. The molecule has 0 saturated heterocycles. The quantitative estimate of drug-likeness (QED) is 0.761. The van der Waals surface area contributed by atoms with Crippen molar-refractivity contribution in [2.75, 3.05) is 5.73 Å². The SMILES string of the molecule is Nc1ncnc2c1c(Oc1cc(C(F)(F)F)ccn1)nn2C1CCCC1. The van der Waals surface area contributed by atoms with Gasteiger partial charge in [-0.15, -0.1) is 5.10 Å². The lowest BCUT2D eigenvalue weighted by Gasteiger charge is -2.09. The average Bonchev–Trinajstić information content (AvgIpc) is 3.23. The van der Waals surface area contributed by atoms with E-state index in [1.165, 1.54) is 6.33 Å². The lowest BCUT2D eigenvalue weighted by molar-refractivity contribution is -0.137. The van der Waals surface area contributed by atoms with Gasteiger partial charge in [0.15, 0.2) is 5.65 Å². The molecular formula is C16H15F3N6O. The zero-order valence-electron chi connectivity index (χ0n) is 13.6. The summed E-state index contributed by atoms with van der Waals surface area (Å²) in [6.07, 6.45) is 1.93. The Labute approximate surface area is 146 Å². The maximum Gasteiger partial charge on any atom is 0.416 e. The minimum absolute atomic E-state index is 0.0526. The van der Waals surface area contributed by atoms with Crippen molar-refractivity contribution in [1.82, 2.24) is 24.7 Å². The van der Waals surface area contributed by atoms with Gasteiger partial charge >= 0.3 is 6.18 Å². The molecule has 7 nitrogen and oxygen atoms in total. The molecule has 0 aliphatic heterocycles. The Morgan fingerprint density at radius 3 is 2.65 bits per heavy atom. The number of fused-ring (bicyclic) bond motifs is 1. The summed E-state index contributed by atoms with van der Waals surface area (Å²) in [5.74, 6) is -0.0147. The Hall–Kier alpha value is -2.91. The van der Waals surface area contributed by atoms with Crippen molar-refractivity contribution in [3.05, 3.63) is 30.2 Å². The van der Waals surface area contributed by atoms with E-state index in [0.29, 0.717) is 11.0 Å². The fourth-order valence-corrected chi connectivity index (χ4v) is 3.18. The van der Waals surface area contributed by atoms with Crippen molar-refractivity contribution in [2.45, 2.75) is 37.9 Å². The number of rotatable bonds is 3. The van der Waals surface area contributed by atoms with Crippen molar-refractivity contribution >= 4 is 16.9 Å². The van der Waals surface area contributed by atoms with Gasteiger partial charge in [0.25, 0.3) is 5.88 Å². The largest absolute Gasteiger partial charge is 0.418 e. The van der Waals surface area contributed by atoms with Gasteiger partial charge in [-0.3, -0.25) is 0 Å². The third-order valence-corrected chi connectivity index (χ3v) is 4.42. The second-order valence-electron chi connectivity index (χ2n) is 6.13. The Morgan fingerprint density at radius 2 is 1.92 bits per heavy atom. The molecule has 26 heavy (non-hydrogen) atoms. The molecule has 0 amide bonds. The Balaban J connectivity index is 1.77. The molecule has 0 atom stereocenters. The summed E-state index contributed by atoms with van der Waals surface area (Å²) in [6.45, 7) is 0. The van der Waals surface area contributed by atoms with Crippen molar-refractivity contribution in [3.8, 4) is 11.8 Å². The van der Waals surface area contributed by atoms with Gasteiger partial charge in [0.2, 0.25) is 5.88 Å². The molecule has 1 aliphatic carbocycles. The highest BCUT2D eigenvalue weighted by atomic mass is 19.4.